The molecule has 0 spiro atoms. The second-order valence-electron chi connectivity index (χ2n) is 4.11. The fraction of sp³-hybridized carbons (Fsp3) is 0.231. The largest absolute Gasteiger partial charge is 0.573 e. The third kappa shape index (κ3) is 4.42. The first-order chi connectivity index (χ1) is 9.33. The topological polar surface area (TPSA) is 21.3 Å². The Morgan fingerprint density at radius 2 is 2.05 bits per heavy atom. The minimum absolute atomic E-state index is 0.00700. The molecule has 1 unspecified atom stereocenters. The van der Waals surface area contributed by atoms with Gasteiger partial charge < -0.3 is 10.1 Å². The lowest BCUT2D eigenvalue weighted by Gasteiger charge is -2.15. The van der Waals surface area contributed by atoms with Crippen molar-refractivity contribution in [3.05, 3.63) is 45.1 Å². The number of halogens is 4. The third-order valence-electron chi connectivity index (χ3n) is 2.47. The van der Waals surface area contributed by atoms with Crippen LogP contribution in [0.15, 0.2) is 40.2 Å². The predicted octanol–water partition coefficient (Wildman–Crippen LogP) is 5.58. The molecule has 0 bridgehead atoms. The summed E-state index contributed by atoms with van der Waals surface area (Å²) in [5.41, 5.74) is 0.573. The third-order valence-corrected chi connectivity index (χ3v) is 4.34. The summed E-state index contributed by atoms with van der Waals surface area (Å²) in [7, 11) is 0. The Morgan fingerprint density at radius 3 is 2.65 bits per heavy atom. The van der Waals surface area contributed by atoms with E-state index in [-0.39, 0.29) is 11.8 Å². The smallest absolute Gasteiger partial charge is 0.406 e. The van der Waals surface area contributed by atoms with Gasteiger partial charge in [-0.1, -0.05) is 6.07 Å². The van der Waals surface area contributed by atoms with Crippen LogP contribution in [0.25, 0.3) is 0 Å². The van der Waals surface area contributed by atoms with Gasteiger partial charge in [0.1, 0.15) is 5.75 Å². The lowest BCUT2D eigenvalue weighted by Crippen LogP contribution is -2.17. The van der Waals surface area contributed by atoms with Gasteiger partial charge in [-0.2, -0.15) is 0 Å². The van der Waals surface area contributed by atoms with Crippen LogP contribution in [-0.4, -0.2) is 6.36 Å². The number of nitrogens with one attached hydrogen (secondary N) is 1. The predicted molar refractivity (Wildman–Crippen MR) is 77.2 cm³/mol. The maximum absolute atomic E-state index is 12.2. The zero-order chi connectivity index (χ0) is 14.8. The number of benzene rings is 1. The molecule has 0 saturated heterocycles. The Labute approximate surface area is 126 Å². The van der Waals surface area contributed by atoms with Crippen molar-refractivity contribution in [3.8, 4) is 5.75 Å². The molecule has 0 aliphatic rings. The molecule has 0 aliphatic heterocycles. The highest BCUT2D eigenvalue weighted by atomic mass is 79.9. The van der Waals surface area contributed by atoms with Gasteiger partial charge in [-0.25, -0.2) is 0 Å². The van der Waals surface area contributed by atoms with Crippen LogP contribution in [-0.2, 0) is 0 Å². The summed E-state index contributed by atoms with van der Waals surface area (Å²) < 4.78 is 41.3. The molecule has 0 amide bonds. The fourth-order valence-electron chi connectivity index (χ4n) is 1.66. The van der Waals surface area contributed by atoms with Crippen LogP contribution in [0.2, 0.25) is 0 Å². The maximum Gasteiger partial charge on any atom is 0.573 e. The number of rotatable bonds is 4. The minimum atomic E-state index is -4.68. The molecule has 1 aromatic carbocycles. The van der Waals surface area contributed by atoms with E-state index in [0.29, 0.717) is 5.69 Å². The Kier molecular flexibility index (Phi) is 4.59. The van der Waals surface area contributed by atoms with Crippen molar-refractivity contribution in [1.82, 2.24) is 0 Å². The fourth-order valence-corrected chi connectivity index (χ4v) is 3.11. The zero-order valence-electron chi connectivity index (χ0n) is 10.4. The number of hydrogen-bond acceptors (Lipinski definition) is 3. The van der Waals surface area contributed by atoms with Gasteiger partial charge >= 0.3 is 6.36 Å². The Morgan fingerprint density at radius 1 is 1.30 bits per heavy atom. The summed E-state index contributed by atoms with van der Waals surface area (Å²) in [6.07, 6.45) is -4.68. The lowest BCUT2D eigenvalue weighted by molar-refractivity contribution is -0.274. The van der Waals surface area contributed by atoms with Crippen LogP contribution in [0.5, 0.6) is 5.75 Å². The SMILES string of the molecule is CC(Nc1cccc(OC(F)(F)F)c1)c1cc(Br)cs1. The van der Waals surface area contributed by atoms with E-state index in [9.17, 15) is 13.2 Å². The van der Waals surface area contributed by atoms with Crippen LogP contribution >= 0.6 is 27.3 Å². The Balaban J connectivity index is 2.08. The van der Waals surface area contributed by atoms with Crippen molar-refractivity contribution in [1.29, 1.82) is 0 Å². The first kappa shape index (κ1) is 15.2. The average Bonchev–Trinajstić information content (AvgIpc) is 2.74. The summed E-state index contributed by atoms with van der Waals surface area (Å²) in [5.74, 6) is -0.234. The molecular weight excluding hydrogens is 355 g/mol. The van der Waals surface area contributed by atoms with E-state index >= 15 is 0 Å². The molecule has 0 fully saturated rings. The molecule has 1 atom stereocenters. The van der Waals surface area contributed by atoms with Gasteiger partial charge in [-0.05, 0) is 41.1 Å². The van der Waals surface area contributed by atoms with Gasteiger partial charge in [0.15, 0.2) is 0 Å². The highest BCUT2D eigenvalue weighted by Crippen LogP contribution is 2.30. The summed E-state index contributed by atoms with van der Waals surface area (Å²) in [4.78, 5) is 1.08. The van der Waals surface area contributed by atoms with Crippen molar-refractivity contribution in [2.75, 3.05) is 5.32 Å². The molecule has 20 heavy (non-hydrogen) atoms. The van der Waals surface area contributed by atoms with Crippen molar-refractivity contribution >= 4 is 33.0 Å². The molecule has 2 aromatic rings. The van der Waals surface area contributed by atoms with Crippen molar-refractivity contribution in [3.63, 3.8) is 0 Å². The van der Waals surface area contributed by atoms with Crippen molar-refractivity contribution in [2.45, 2.75) is 19.3 Å². The van der Waals surface area contributed by atoms with E-state index in [1.54, 1.807) is 17.4 Å². The summed E-state index contributed by atoms with van der Waals surface area (Å²) >= 11 is 4.94. The van der Waals surface area contributed by atoms with E-state index in [1.165, 1.54) is 18.2 Å². The number of hydrogen-bond donors (Lipinski definition) is 1. The van der Waals surface area contributed by atoms with Gasteiger partial charge in [0, 0.05) is 26.5 Å². The van der Waals surface area contributed by atoms with E-state index in [4.69, 9.17) is 0 Å². The van der Waals surface area contributed by atoms with Gasteiger partial charge in [0.05, 0.1) is 6.04 Å². The molecule has 2 nitrogen and oxygen atoms in total. The van der Waals surface area contributed by atoms with E-state index in [0.717, 1.165) is 9.35 Å². The molecule has 0 aliphatic carbocycles. The van der Waals surface area contributed by atoms with Crippen LogP contribution in [0.4, 0.5) is 18.9 Å². The number of thiophene rings is 1. The van der Waals surface area contributed by atoms with Gasteiger partial charge in [-0.3, -0.25) is 0 Å². The highest BCUT2D eigenvalue weighted by molar-refractivity contribution is 9.10. The monoisotopic (exact) mass is 365 g/mol. The normalized spacial score (nSPS) is 13.1. The van der Waals surface area contributed by atoms with Crippen molar-refractivity contribution < 1.29 is 17.9 Å². The number of anilines is 1. The van der Waals surface area contributed by atoms with Crippen LogP contribution < -0.4 is 10.1 Å². The number of ether oxygens (including phenoxy) is 1. The lowest BCUT2D eigenvalue weighted by atomic mass is 10.2. The summed E-state index contributed by atoms with van der Waals surface area (Å²) in [6, 6.07) is 7.77. The molecular formula is C13H11BrF3NOS. The van der Waals surface area contributed by atoms with Crippen LogP contribution in [0.3, 0.4) is 0 Å². The Bertz CT molecular complexity index is 585. The summed E-state index contributed by atoms with van der Waals surface area (Å²) in [6.45, 7) is 1.94. The molecule has 7 heteroatoms. The van der Waals surface area contributed by atoms with Gasteiger partial charge in [-0.15, -0.1) is 24.5 Å². The molecule has 1 N–H and O–H groups in total. The minimum Gasteiger partial charge on any atom is -0.406 e. The van der Waals surface area contributed by atoms with E-state index in [2.05, 4.69) is 26.0 Å². The quantitative estimate of drug-likeness (QED) is 0.763. The Hall–Kier alpha value is -1.21. The van der Waals surface area contributed by atoms with E-state index in [1.807, 2.05) is 18.4 Å². The van der Waals surface area contributed by atoms with E-state index < -0.39 is 6.36 Å². The molecule has 0 radical (unpaired) electrons. The zero-order valence-corrected chi connectivity index (χ0v) is 12.8. The first-order valence-corrected chi connectivity index (χ1v) is 7.37. The number of alkyl halides is 3. The van der Waals surface area contributed by atoms with Crippen LogP contribution in [0, 0.1) is 0 Å². The van der Waals surface area contributed by atoms with Crippen molar-refractivity contribution in [2.24, 2.45) is 0 Å². The average molecular weight is 366 g/mol. The molecule has 108 valence electrons. The second kappa shape index (κ2) is 6.05. The first-order valence-electron chi connectivity index (χ1n) is 5.70. The standard InChI is InChI=1S/C13H11BrF3NOS/c1-8(12-5-9(14)7-20-12)18-10-3-2-4-11(6-10)19-13(15,16)17/h2-8,18H,1H3. The van der Waals surface area contributed by atoms with Crippen LogP contribution in [0.1, 0.15) is 17.8 Å². The highest BCUT2D eigenvalue weighted by Gasteiger charge is 2.31. The van der Waals surface area contributed by atoms with Gasteiger partial charge in [0.2, 0.25) is 0 Å². The molecule has 1 aromatic heterocycles. The molecule has 2 rings (SSSR count). The molecule has 0 saturated carbocycles. The summed E-state index contributed by atoms with van der Waals surface area (Å²) in [5, 5.41) is 5.09. The second-order valence-corrected chi connectivity index (χ2v) is 5.97. The maximum atomic E-state index is 12.2. The molecule has 1 heterocycles. The van der Waals surface area contributed by atoms with Gasteiger partial charge in [0.25, 0.3) is 0 Å².